The number of nitrogens with two attached hydrogens (primary N) is 1. The van der Waals surface area contributed by atoms with Crippen LogP contribution in [0.5, 0.6) is 0 Å². The topological polar surface area (TPSA) is 52.3 Å². The van der Waals surface area contributed by atoms with Crippen molar-refractivity contribution in [3.8, 4) is 0 Å². The number of carbonyl (C=O) groups is 1. The van der Waals surface area contributed by atoms with Crippen LogP contribution < -0.4 is 5.73 Å². The molecule has 0 aromatic rings. The monoisotopic (exact) mass is 145 g/mol. The fourth-order valence-electron chi connectivity index (χ4n) is 0.741. The van der Waals surface area contributed by atoms with Crippen LogP contribution in [-0.4, -0.2) is 25.5 Å². The molecule has 1 atom stereocenters. The van der Waals surface area contributed by atoms with E-state index in [1.807, 2.05) is 0 Å². The quantitative estimate of drug-likeness (QED) is 0.606. The lowest BCUT2D eigenvalue weighted by Gasteiger charge is -2.07. The van der Waals surface area contributed by atoms with Gasteiger partial charge in [0.2, 0.25) is 0 Å². The van der Waals surface area contributed by atoms with E-state index in [2.05, 4.69) is 0 Å². The van der Waals surface area contributed by atoms with E-state index in [-0.39, 0.29) is 11.8 Å². The van der Waals surface area contributed by atoms with Gasteiger partial charge in [-0.1, -0.05) is 0 Å². The van der Waals surface area contributed by atoms with Crippen LogP contribution in [0.4, 0.5) is 0 Å². The summed E-state index contributed by atoms with van der Waals surface area (Å²) in [7, 11) is 1.63. The molecule has 0 spiro atoms. The van der Waals surface area contributed by atoms with E-state index in [1.54, 1.807) is 14.0 Å². The summed E-state index contributed by atoms with van der Waals surface area (Å²) >= 11 is 0. The summed E-state index contributed by atoms with van der Waals surface area (Å²) in [5.74, 6) is 0.142. The van der Waals surface area contributed by atoms with E-state index in [0.717, 1.165) is 6.42 Å². The first-order valence-electron chi connectivity index (χ1n) is 3.40. The zero-order valence-electron chi connectivity index (χ0n) is 6.59. The van der Waals surface area contributed by atoms with Gasteiger partial charge >= 0.3 is 0 Å². The molecule has 0 rings (SSSR count). The van der Waals surface area contributed by atoms with E-state index in [9.17, 15) is 4.79 Å². The molecule has 0 aromatic heterocycles. The fraction of sp³-hybridized carbons (Fsp3) is 0.857. The minimum absolute atomic E-state index is 0.0301. The van der Waals surface area contributed by atoms with Crippen LogP contribution in [0.25, 0.3) is 0 Å². The molecule has 1 unspecified atom stereocenters. The van der Waals surface area contributed by atoms with Crippen LogP contribution in [-0.2, 0) is 9.53 Å². The Morgan fingerprint density at radius 2 is 2.30 bits per heavy atom. The number of hydrogen-bond donors (Lipinski definition) is 1. The Hall–Kier alpha value is -0.410. The molecule has 3 nitrogen and oxygen atoms in total. The minimum atomic E-state index is -0.0301. The molecule has 0 heterocycles. The lowest BCUT2D eigenvalue weighted by atomic mass is 10.1. The molecule has 0 radical (unpaired) electrons. The minimum Gasteiger partial charge on any atom is -0.385 e. The maximum atomic E-state index is 10.5. The molecule has 0 aliphatic carbocycles. The highest BCUT2D eigenvalue weighted by Crippen LogP contribution is 1.94. The number of rotatable bonds is 5. The lowest BCUT2D eigenvalue weighted by Crippen LogP contribution is -2.24. The first-order chi connectivity index (χ1) is 4.66. The normalized spacial score (nSPS) is 13.1. The van der Waals surface area contributed by atoms with Crippen molar-refractivity contribution in [1.82, 2.24) is 0 Å². The zero-order valence-corrected chi connectivity index (χ0v) is 6.59. The summed E-state index contributed by atoms with van der Waals surface area (Å²) in [4.78, 5) is 10.5. The molecule has 60 valence electrons. The first-order valence-corrected chi connectivity index (χ1v) is 3.40. The molecular weight excluding hydrogens is 130 g/mol. The molecule has 0 aromatic carbocycles. The largest absolute Gasteiger partial charge is 0.385 e. The van der Waals surface area contributed by atoms with Gasteiger partial charge in [0.05, 0.1) is 0 Å². The number of hydrogen-bond acceptors (Lipinski definition) is 3. The van der Waals surface area contributed by atoms with Crippen LogP contribution in [0.3, 0.4) is 0 Å². The third-order valence-electron chi connectivity index (χ3n) is 1.24. The molecule has 10 heavy (non-hydrogen) atoms. The standard InChI is InChI=1S/C7H15NO2/c1-6(9)5-7(8)3-4-10-2/h7H,3-5,8H2,1-2H3. The Balaban J connectivity index is 3.25. The molecule has 0 aliphatic heterocycles. The number of ketones is 1. The van der Waals surface area contributed by atoms with Gasteiger partial charge in [-0.2, -0.15) is 0 Å². The lowest BCUT2D eigenvalue weighted by molar-refractivity contribution is -0.117. The van der Waals surface area contributed by atoms with Gasteiger partial charge in [0.15, 0.2) is 0 Å². The van der Waals surface area contributed by atoms with E-state index < -0.39 is 0 Å². The van der Waals surface area contributed by atoms with Gasteiger partial charge in [0.25, 0.3) is 0 Å². The predicted molar refractivity (Wildman–Crippen MR) is 39.8 cm³/mol. The van der Waals surface area contributed by atoms with E-state index in [1.165, 1.54) is 0 Å². The second-order valence-corrected chi connectivity index (χ2v) is 2.45. The Kier molecular flexibility index (Phi) is 5.16. The molecule has 0 fully saturated rings. The van der Waals surface area contributed by atoms with Gasteiger partial charge in [-0.3, -0.25) is 4.79 Å². The third kappa shape index (κ3) is 5.72. The van der Waals surface area contributed by atoms with Gasteiger partial charge in [-0.25, -0.2) is 0 Å². The Morgan fingerprint density at radius 3 is 2.70 bits per heavy atom. The Bertz CT molecular complexity index is 104. The van der Waals surface area contributed by atoms with Crippen molar-refractivity contribution in [2.75, 3.05) is 13.7 Å². The maximum Gasteiger partial charge on any atom is 0.131 e. The average Bonchev–Trinajstić information content (AvgIpc) is 1.82. The van der Waals surface area contributed by atoms with Crippen LogP contribution in [0.15, 0.2) is 0 Å². The fourth-order valence-corrected chi connectivity index (χ4v) is 0.741. The Morgan fingerprint density at radius 1 is 1.70 bits per heavy atom. The van der Waals surface area contributed by atoms with E-state index in [4.69, 9.17) is 10.5 Å². The molecular formula is C7H15NO2. The predicted octanol–water partition coefficient (Wildman–Crippen LogP) is 0.329. The molecule has 2 N–H and O–H groups in total. The van der Waals surface area contributed by atoms with Crippen molar-refractivity contribution in [2.45, 2.75) is 25.8 Å². The summed E-state index contributed by atoms with van der Waals surface area (Å²) in [6.07, 6.45) is 1.22. The molecule has 0 amide bonds. The summed E-state index contributed by atoms with van der Waals surface area (Å²) in [6.45, 7) is 2.18. The van der Waals surface area contributed by atoms with E-state index >= 15 is 0 Å². The van der Waals surface area contributed by atoms with Crippen molar-refractivity contribution in [3.63, 3.8) is 0 Å². The molecule has 0 saturated heterocycles. The summed E-state index contributed by atoms with van der Waals surface area (Å²) in [6, 6.07) is -0.0301. The second-order valence-electron chi connectivity index (χ2n) is 2.45. The maximum absolute atomic E-state index is 10.5. The van der Waals surface area contributed by atoms with E-state index in [0.29, 0.717) is 13.0 Å². The SMILES string of the molecule is COCCC(N)CC(C)=O. The summed E-state index contributed by atoms with van der Waals surface area (Å²) in [5.41, 5.74) is 5.56. The molecule has 0 aliphatic rings. The summed E-state index contributed by atoms with van der Waals surface area (Å²) in [5, 5.41) is 0. The highest BCUT2D eigenvalue weighted by molar-refractivity contribution is 5.76. The number of Topliss-reactive ketones (excluding diaryl/α,β-unsaturated/α-hetero) is 1. The van der Waals surface area contributed by atoms with Crippen molar-refractivity contribution in [2.24, 2.45) is 5.73 Å². The smallest absolute Gasteiger partial charge is 0.131 e. The van der Waals surface area contributed by atoms with Crippen molar-refractivity contribution >= 4 is 5.78 Å². The van der Waals surface area contributed by atoms with Gasteiger partial charge in [0.1, 0.15) is 5.78 Å². The van der Waals surface area contributed by atoms with Crippen molar-refractivity contribution in [3.05, 3.63) is 0 Å². The van der Waals surface area contributed by atoms with Crippen LogP contribution >= 0.6 is 0 Å². The second kappa shape index (κ2) is 5.38. The average molecular weight is 145 g/mol. The van der Waals surface area contributed by atoms with Gasteiger partial charge in [-0.15, -0.1) is 0 Å². The molecule has 0 bridgehead atoms. The van der Waals surface area contributed by atoms with Gasteiger partial charge in [-0.05, 0) is 13.3 Å². The molecule has 0 saturated carbocycles. The van der Waals surface area contributed by atoms with Crippen molar-refractivity contribution < 1.29 is 9.53 Å². The number of methoxy groups -OCH3 is 1. The third-order valence-corrected chi connectivity index (χ3v) is 1.24. The van der Waals surface area contributed by atoms with Gasteiger partial charge in [0, 0.05) is 26.2 Å². The zero-order chi connectivity index (χ0) is 7.98. The van der Waals surface area contributed by atoms with Crippen LogP contribution in [0, 0.1) is 0 Å². The Labute approximate surface area is 61.5 Å². The number of ether oxygens (including phenoxy) is 1. The van der Waals surface area contributed by atoms with Crippen molar-refractivity contribution in [1.29, 1.82) is 0 Å². The van der Waals surface area contributed by atoms with Gasteiger partial charge < -0.3 is 10.5 Å². The highest BCUT2D eigenvalue weighted by Gasteiger charge is 2.03. The first kappa shape index (κ1) is 9.59. The van der Waals surface area contributed by atoms with Crippen LogP contribution in [0.1, 0.15) is 19.8 Å². The number of carbonyl (C=O) groups excluding carboxylic acids is 1. The highest BCUT2D eigenvalue weighted by atomic mass is 16.5. The summed E-state index contributed by atoms with van der Waals surface area (Å²) < 4.78 is 4.80. The van der Waals surface area contributed by atoms with Crippen LogP contribution in [0.2, 0.25) is 0 Å². The molecule has 3 heteroatoms.